The second-order valence-electron chi connectivity index (χ2n) is 15.2. The van der Waals surface area contributed by atoms with Crippen molar-refractivity contribution in [2.45, 2.75) is 86.8 Å². The highest BCUT2D eigenvalue weighted by Gasteiger charge is 2.57. The van der Waals surface area contributed by atoms with Crippen LogP contribution in [-0.2, 0) is 11.3 Å². The normalized spacial score (nSPS) is 38.6. The van der Waals surface area contributed by atoms with Gasteiger partial charge in [0.25, 0.3) is 0 Å². The Bertz CT molecular complexity index is 1290. The molecule has 0 spiro atoms. The fraction of sp³-hybridized carbons (Fsp3) is 0.611. The lowest BCUT2D eigenvalue weighted by Gasteiger charge is -2.62. The zero-order valence-corrected chi connectivity index (χ0v) is 26.7. The van der Waals surface area contributed by atoms with Crippen LogP contribution >= 0.6 is 17.2 Å². The molecule has 8 bridgehead atoms. The lowest BCUT2D eigenvalue weighted by Crippen LogP contribution is -2.52. The molecule has 0 saturated heterocycles. The van der Waals surface area contributed by atoms with Crippen molar-refractivity contribution in [1.82, 2.24) is 19.9 Å². The van der Waals surface area contributed by atoms with Gasteiger partial charge in [-0.05, 0) is 140 Å². The van der Waals surface area contributed by atoms with Crippen LogP contribution in [-0.4, -0.2) is 31.3 Å². The number of aromatic nitrogens is 4. The topological polar surface area (TPSA) is 51.6 Å². The molecule has 0 N–H and O–H groups in total. The minimum Gasteiger partial charge on any atom is -0.261 e. The first-order valence-electron chi connectivity index (χ1n) is 16.8. The SMILES string of the molecule is PC(c1cnccn1)(c1cnccn1)c1ccccc1CP(C1C2CC3CC(C2)CC1C3)C1C2CC3CC(C2)CC1C3. The van der Waals surface area contributed by atoms with E-state index in [1.165, 1.54) is 68.7 Å². The van der Waals surface area contributed by atoms with Crippen LogP contribution < -0.4 is 0 Å². The summed E-state index contributed by atoms with van der Waals surface area (Å²) in [5.41, 5.74) is 6.67. The lowest BCUT2D eigenvalue weighted by atomic mass is 9.55. The molecule has 42 heavy (non-hydrogen) atoms. The highest BCUT2D eigenvalue weighted by Crippen LogP contribution is 2.72. The molecule has 218 valence electrons. The van der Waals surface area contributed by atoms with Crippen molar-refractivity contribution in [3.8, 4) is 0 Å². The molecule has 1 aromatic carbocycles. The van der Waals surface area contributed by atoms with Crippen molar-refractivity contribution in [3.05, 3.63) is 84.0 Å². The minimum atomic E-state index is -0.575. The van der Waals surface area contributed by atoms with Gasteiger partial charge in [-0.15, -0.1) is 9.24 Å². The van der Waals surface area contributed by atoms with Gasteiger partial charge in [-0.3, -0.25) is 19.9 Å². The molecule has 11 rings (SSSR count). The van der Waals surface area contributed by atoms with E-state index in [2.05, 4.69) is 43.5 Å². The van der Waals surface area contributed by atoms with Crippen LogP contribution in [0.25, 0.3) is 0 Å². The quantitative estimate of drug-likeness (QED) is 0.260. The lowest BCUT2D eigenvalue weighted by molar-refractivity contribution is 0.0129. The first kappa shape index (κ1) is 26.6. The van der Waals surface area contributed by atoms with E-state index in [0.717, 1.165) is 70.0 Å². The highest BCUT2D eigenvalue weighted by atomic mass is 31.1. The summed E-state index contributed by atoms with van der Waals surface area (Å²) < 4.78 is 0. The molecule has 2 aromatic heterocycles. The van der Waals surface area contributed by atoms with Crippen LogP contribution in [0.2, 0.25) is 0 Å². The van der Waals surface area contributed by atoms with E-state index in [-0.39, 0.29) is 7.92 Å². The number of rotatable bonds is 7. The van der Waals surface area contributed by atoms with Crippen molar-refractivity contribution >= 4 is 17.2 Å². The average molecular weight is 595 g/mol. The number of hydrogen-bond donors (Lipinski definition) is 0. The van der Waals surface area contributed by atoms with Crippen molar-refractivity contribution in [2.75, 3.05) is 0 Å². The molecule has 0 aliphatic heterocycles. The molecule has 4 nitrogen and oxygen atoms in total. The maximum atomic E-state index is 4.88. The predicted molar refractivity (Wildman–Crippen MR) is 172 cm³/mol. The zero-order chi connectivity index (χ0) is 27.8. The van der Waals surface area contributed by atoms with E-state index in [1.54, 1.807) is 25.2 Å². The molecule has 3 aromatic rings. The van der Waals surface area contributed by atoms with Gasteiger partial charge < -0.3 is 0 Å². The summed E-state index contributed by atoms with van der Waals surface area (Å²) >= 11 is 0. The molecular formula is C36H44N4P2. The Morgan fingerprint density at radius 1 is 0.619 bits per heavy atom. The van der Waals surface area contributed by atoms with Gasteiger partial charge in [0.15, 0.2) is 0 Å². The molecule has 8 aliphatic rings. The van der Waals surface area contributed by atoms with Crippen LogP contribution in [0.3, 0.4) is 0 Å². The first-order chi connectivity index (χ1) is 20.6. The Labute approximate surface area is 254 Å². The third-order valence-corrected chi connectivity index (χ3v) is 17.7. The highest BCUT2D eigenvalue weighted by molar-refractivity contribution is 7.58. The van der Waals surface area contributed by atoms with E-state index >= 15 is 0 Å². The summed E-state index contributed by atoms with van der Waals surface area (Å²) in [6.45, 7) is 0. The van der Waals surface area contributed by atoms with Crippen LogP contribution in [0, 0.1) is 47.3 Å². The van der Waals surface area contributed by atoms with Gasteiger partial charge in [0.05, 0.1) is 28.9 Å². The van der Waals surface area contributed by atoms with Gasteiger partial charge in [0.2, 0.25) is 0 Å². The first-order valence-corrected chi connectivity index (χ1v) is 19.0. The Morgan fingerprint density at radius 3 is 1.50 bits per heavy atom. The van der Waals surface area contributed by atoms with Crippen LogP contribution in [0.15, 0.2) is 61.4 Å². The molecule has 1 unspecified atom stereocenters. The summed E-state index contributed by atoms with van der Waals surface area (Å²) in [5, 5.41) is -0.575. The van der Waals surface area contributed by atoms with E-state index in [9.17, 15) is 0 Å². The fourth-order valence-corrected chi connectivity index (χ4v) is 17.1. The smallest absolute Gasteiger partial charge is 0.0967 e. The molecule has 8 saturated carbocycles. The molecule has 0 radical (unpaired) electrons. The minimum absolute atomic E-state index is 0.119. The summed E-state index contributed by atoms with van der Waals surface area (Å²) in [4.78, 5) is 18.8. The Morgan fingerprint density at radius 2 is 1.07 bits per heavy atom. The maximum Gasteiger partial charge on any atom is 0.0967 e. The largest absolute Gasteiger partial charge is 0.261 e. The number of benzene rings is 1. The van der Waals surface area contributed by atoms with Crippen molar-refractivity contribution in [2.24, 2.45) is 47.3 Å². The zero-order valence-electron chi connectivity index (χ0n) is 24.6. The summed E-state index contributed by atoms with van der Waals surface area (Å²) in [6.07, 6.45) is 27.7. The third-order valence-electron chi connectivity index (χ3n) is 12.8. The Kier molecular flexibility index (Phi) is 6.60. The van der Waals surface area contributed by atoms with Crippen molar-refractivity contribution in [1.29, 1.82) is 0 Å². The summed E-state index contributed by atoms with van der Waals surface area (Å²) in [6, 6.07) is 9.33. The Hall–Kier alpha value is -1.76. The van der Waals surface area contributed by atoms with Gasteiger partial charge in [0.1, 0.15) is 0 Å². The van der Waals surface area contributed by atoms with E-state index in [1.807, 2.05) is 24.8 Å². The standard InChI is InChI=1S/C36H44N4P2/c41-36(32-19-37-5-7-39-32,33-20-38-6-8-40-33)31-4-2-1-3-26(31)21-42(34-27-11-22-9-23(13-27)14-28(34)12-22)35-29-15-24-10-25(17-29)18-30(35)16-24/h1-8,19-20,22-25,27-30,34-35H,9-18,21,41H2. The van der Waals surface area contributed by atoms with E-state index < -0.39 is 5.16 Å². The third kappa shape index (κ3) is 4.29. The van der Waals surface area contributed by atoms with Gasteiger partial charge in [-0.25, -0.2) is 0 Å². The molecule has 8 fully saturated rings. The van der Waals surface area contributed by atoms with E-state index in [0.29, 0.717) is 0 Å². The number of nitrogens with zero attached hydrogens (tertiary/aromatic N) is 4. The second kappa shape index (κ2) is 10.4. The van der Waals surface area contributed by atoms with Crippen LogP contribution in [0.4, 0.5) is 0 Å². The van der Waals surface area contributed by atoms with Crippen molar-refractivity contribution < 1.29 is 0 Å². The van der Waals surface area contributed by atoms with Gasteiger partial charge in [-0.1, -0.05) is 32.2 Å². The molecule has 2 heterocycles. The van der Waals surface area contributed by atoms with Gasteiger partial charge >= 0.3 is 0 Å². The predicted octanol–water partition coefficient (Wildman–Crippen LogP) is 8.06. The average Bonchev–Trinajstić information content (AvgIpc) is 3.01. The Balaban J connectivity index is 1.15. The van der Waals surface area contributed by atoms with Crippen molar-refractivity contribution in [3.63, 3.8) is 0 Å². The van der Waals surface area contributed by atoms with Gasteiger partial charge in [-0.2, -0.15) is 0 Å². The molecule has 1 atom stereocenters. The fourth-order valence-electron chi connectivity index (χ4n) is 11.9. The summed E-state index contributed by atoms with van der Waals surface area (Å²) in [5.74, 6) is 8.15. The number of hydrogen-bond acceptors (Lipinski definition) is 4. The van der Waals surface area contributed by atoms with Gasteiger partial charge in [0, 0.05) is 24.8 Å². The molecule has 0 amide bonds. The monoisotopic (exact) mass is 594 g/mol. The summed E-state index contributed by atoms with van der Waals surface area (Å²) in [7, 11) is 3.06. The maximum absolute atomic E-state index is 4.88. The molecular weight excluding hydrogens is 550 g/mol. The molecule has 6 heteroatoms. The molecule has 8 aliphatic carbocycles. The van der Waals surface area contributed by atoms with Crippen LogP contribution in [0.1, 0.15) is 86.7 Å². The second-order valence-corrected chi connectivity index (χ2v) is 18.6. The van der Waals surface area contributed by atoms with E-state index in [4.69, 9.17) is 9.97 Å². The van der Waals surface area contributed by atoms with Crippen LogP contribution in [0.5, 0.6) is 0 Å².